The van der Waals surface area contributed by atoms with Crippen LogP contribution in [0.25, 0.3) is 10.2 Å². The standard InChI is InChI=1S/C18H18N2O3S/c1-3-12-5-4-6-14(9-12)23-11-17(21)20-18-19-15-8-7-13(22-2)10-16(15)24-18/h4-10H,3,11H2,1-2H3,(H,19,20,21). The fourth-order valence-corrected chi connectivity index (χ4v) is 3.16. The number of methoxy groups -OCH3 is 1. The van der Waals surface area contributed by atoms with Gasteiger partial charge in [-0.3, -0.25) is 10.1 Å². The number of nitrogens with zero attached hydrogens (tertiary/aromatic N) is 1. The largest absolute Gasteiger partial charge is 0.497 e. The molecule has 0 aliphatic heterocycles. The molecule has 0 fully saturated rings. The van der Waals surface area contributed by atoms with Crippen LogP contribution in [0, 0.1) is 0 Å². The number of nitrogens with one attached hydrogen (secondary N) is 1. The van der Waals surface area contributed by atoms with Crippen LogP contribution in [0.15, 0.2) is 42.5 Å². The zero-order valence-corrected chi connectivity index (χ0v) is 14.4. The zero-order chi connectivity index (χ0) is 16.9. The summed E-state index contributed by atoms with van der Waals surface area (Å²) in [6.07, 6.45) is 0.929. The number of thiazole rings is 1. The van der Waals surface area contributed by atoms with Crippen molar-refractivity contribution in [3.63, 3.8) is 0 Å². The van der Waals surface area contributed by atoms with E-state index in [9.17, 15) is 4.79 Å². The fraction of sp³-hybridized carbons (Fsp3) is 0.222. The third-order valence-electron chi connectivity index (χ3n) is 3.52. The van der Waals surface area contributed by atoms with Crippen molar-refractivity contribution in [2.24, 2.45) is 0 Å². The molecule has 0 unspecified atom stereocenters. The van der Waals surface area contributed by atoms with E-state index in [0.717, 1.165) is 22.4 Å². The zero-order valence-electron chi connectivity index (χ0n) is 13.5. The number of aryl methyl sites for hydroxylation is 1. The molecule has 0 spiro atoms. The van der Waals surface area contributed by atoms with Gasteiger partial charge in [0.2, 0.25) is 0 Å². The quantitative estimate of drug-likeness (QED) is 0.738. The van der Waals surface area contributed by atoms with Crippen LogP contribution in [-0.4, -0.2) is 24.6 Å². The minimum Gasteiger partial charge on any atom is -0.497 e. The Kier molecular flexibility index (Phi) is 4.96. The maximum Gasteiger partial charge on any atom is 0.264 e. The number of benzene rings is 2. The topological polar surface area (TPSA) is 60.5 Å². The first-order chi connectivity index (χ1) is 11.7. The van der Waals surface area contributed by atoms with E-state index in [-0.39, 0.29) is 12.5 Å². The van der Waals surface area contributed by atoms with Gasteiger partial charge in [0.25, 0.3) is 5.91 Å². The van der Waals surface area contributed by atoms with Crippen molar-refractivity contribution in [2.45, 2.75) is 13.3 Å². The highest BCUT2D eigenvalue weighted by Crippen LogP contribution is 2.29. The molecular formula is C18H18N2O3S. The van der Waals surface area contributed by atoms with Gasteiger partial charge < -0.3 is 9.47 Å². The van der Waals surface area contributed by atoms with Gasteiger partial charge in [-0.15, -0.1) is 0 Å². The van der Waals surface area contributed by atoms with E-state index in [1.165, 1.54) is 16.9 Å². The van der Waals surface area contributed by atoms with Gasteiger partial charge in [0, 0.05) is 0 Å². The van der Waals surface area contributed by atoms with Gasteiger partial charge in [0.1, 0.15) is 11.5 Å². The molecule has 1 amide bonds. The number of carbonyl (C=O) groups excluding carboxylic acids is 1. The molecule has 0 atom stereocenters. The summed E-state index contributed by atoms with van der Waals surface area (Å²) in [6.45, 7) is 2.03. The van der Waals surface area contributed by atoms with Gasteiger partial charge in [-0.05, 0) is 42.3 Å². The number of hydrogen-bond donors (Lipinski definition) is 1. The fourth-order valence-electron chi connectivity index (χ4n) is 2.24. The van der Waals surface area contributed by atoms with Crippen LogP contribution in [0.3, 0.4) is 0 Å². The Morgan fingerprint density at radius 3 is 2.88 bits per heavy atom. The molecule has 2 aromatic carbocycles. The summed E-state index contributed by atoms with van der Waals surface area (Å²) in [5.74, 6) is 1.23. The summed E-state index contributed by atoms with van der Waals surface area (Å²) in [7, 11) is 1.62. The normalized spacial score (nSPS) is 10.6. The molecule has 3 rings (SSSR count). The molecule has 0 saturated heterocycles. The number of amides is 1. The van der Waals surface area contributed by atoms with Gasteiger partial charge in [-0.25, -0.2) is 4.98 Å². The SMILES string of the molecule is CCc1cccc(OCC(=O)Nc2nc3ccc(OC)cc3s2)c1. The van der Waals surface area contributed by atoms with E-state index in [4.69, 9.17) is 9.47 Å². The van der Waals surface area contributed by atoms with Gasteiger partial charge in [0.05, 0.1) is 17.3 Å². The molecule has 1 N–H and O–H groups in total. The first kappa shape index (κ1) is 16.3. The first-order valence-corrected chi connectivity index (χ1v) is 8.45. The summed E-state index contributed by atoms with van der Waals surface area (Å²) >= 11 is 1.40. The Labute approximate surface area is 144 Å². The van der Waals surface area contributed by atoms with Gasteiger partial charge in [0.15, 0.2) is 11.7 Å². The molecule has 0 radical (unpaired) electrons. The monoisotopic (exact) mass is 342 g/mol. The van der Waals surface area contributed by atoms with Crippen LogP contribution in [-0.2, 0) is 11.2 Å². The number of carbonyl (C=O) groups is 1. The lowest BCUT2D eigenvalue weighted by Gasteiger charge is -2.06. The molecule has 0 aliphatic carbocycles. The average molecular weight is 342 g/mol. The third-order valence-corrected chi connectivity index (χ3v) is 4.45. The number of fused-ring (bicyclic) bond motifs is 1. The summed E-state index contributed by atoms with van der Waals surface area (Å²) < 4.78 is 11.7. The van der Waals surface area contributed by atoms with Crippen LogP contribution in [0.4, 0.5) is 5.13 Å². The average Bonchev–Trinajstić information content (AvgIpc) is 3.01. The highest BCUT2D eigenvalue weighted by Gasteiger charge is 2.09. The molecule has 0 saturated carbocycles. The Hall–Kier alpha value is -2.60. The van der Waals surface area contributed by atoms with Crippen molar-refractivity contribution in [1.29, 1.82) is 0 Å². The van der Waals surface area contributed by atoms with Crippen LogP contribution in [0.1, 0.15) is 12.5 Å². The number of aromatic nitrogens is 1. The van der Waals surface area contributed by atoms with Crippen molar-refractivity contribution in [3.05, 3.63) is 48.0 Å². The minimum absolute atomic E-state index is 0.0492. The van der Waals surface area contributed by atoms with Crippen LogP contribution < -0.4 is 14.8 Å². The summed E-state index contributed by atoms with van der Waals surface area (Å²) in [4.78, 5) is 16.4. The summed E-state index contributed by atoms with van der Waals surface area (Å²) in [6, 6.07) is 13.4. The van der Waals surface area contributed by atoms with Crippen molar-refractivity contribution in [1.82, 2.24) is 4.98 Å². The van der Waals surface area contributed by atoms with Crippen molar-refractivity contribution >= 4 is 32.6 Å². The van der Waals surface area contributed by atoms with Gasteiger partial charge >= 0.3 is 0 Å². The lowest BCUT2D eigenvalue weighted by Crippen LogP contribution is -2.20. The van der Waals surface area contributed by atoms with Gasteiger partial charge in [-0.1, -0.05) is 30.4 Å². The molecule has 5 nitrogen and oxygen atoms in total. The second-order valence-electron chi connectivity index (χ2n) is 5.19. The van der Waals surface area contributed by atoms with E-state index in [0.29, 0.717) is 10.9 Å². The van der Waals surface area contributed by atoms with E-state index in [1.54, 1.807) is 7.11 Å². The first-order valence-electron chi connectivity index (χ1n) is 7.64. The lowest BCUT2D eigenvalue weighted by molar-refractivity contribution is -0.118. The maximum atomic E-state index is 12.0. The van der Waals surface area contributed by atoms with Crippen LogP contribution in [0.5, 0.6) is 11.5 Å². The Morgan fingerprint density at radius 2 is 2.08 bits per heavy atom. The Balaban J connectivity index is 1.62. The molecule has 0 aliphatic rings. The second kappa shape index (κ2) is 7.31. The van der Waals surface area contributed by atoms with Crippen molar-refractivity contribution < 1.29 is 14.3 Å². The van der Waals surface area contributed by atoms with E-state index in [2.05, 4.69) is 17.2 Å². The summed E-state index contributed by atoms with van der Waals surface area (Å²) in [5.41, 5.74) is 2.00. The van der Waals surface area contributed by atoms with Crippen LogP contribution >= 0.6 is 11.3 Å². The molecule has 1 heterocycles. The molecule has 1 aromatic heterocycles. The molecule has 124 valence electrons. The molecule has 6 heteroatoms. The second-order valence-corrected chi connectivity index (χ2v) is 6.22. The van der Waals surface area contributed by atoms with Crippen molar-refractivity contribution in [2.75, 3.05) is 19.0 Å². The molecule has 3 aromatic rings. The van der Waals surface area contributed by atoms with Gasteiger partial charge in [-0.2, -0.15) is 0 Å². The minimum atomic E-state index is -0.233. The molecular weight excluding hydrogens is 324 g/mol. The van der Waals surface area contributed by atoms with Crippen molar-refractivity contribution in [3.8, 4) is 11.5 Å². The highest BCUT2D eigenvalue weighted by atomic mass is 32.1. The number of ether oxygens (including phenoxy) is 2. The van der Waals surface area contributed by atoms with E-state index in [1.807, 2.05) is 42.5 Å². The predicted molar refractivity (Wildman–Crippen MR) is 96.1 cm³/mol. The van der Waals surface area contributed by atoms with E-state index >= 15 is 0 Å². The lowest BCUT2D eigenvalue weighted by atomic mass is 10.2. The number of anilines is 1. The summed E-state index contributed by atoms with van der Waals surface area (Å²) in [5, 5.41) is 3.32. The number of rotatable bonds is 6. The smallest absolute Gasteiger partial charge is 0.264 e. The Morgan fingerprint density at radius 1 is 1.21 bits per heavy atom. The molecule has 0 bridgehead atoms. The number of hydrogen-bond acceptors (Lipinski definition) is 5. The van der Waals surface area contributed by atoms with Crippen LogP contribution in [0.2, 0.25) is 0 Å². The third kappa shape index (κ3) is 3.83. The predicted octanol–water partition coefficient (Wildman–Crippen LogP) is 3.88. The Bertz CT molecular complexity index is 860. The molecule has 24 heavy (non-hydrogen) atoms. The van der Waals surface area contributed by atoms with E-state index < -0.39 is 0 Å². The maximum absolute atomic E-state index is 12.0. The highest BCUT2D eigenvalue weighted by molar-refractivity contribution is 7.22.